The normalized spacial score (nSPS) is 11.5. The van der Waals surface area contributed by atoms with Crippen LogP contribution < -0.4 is 5.73 Å². The first kappa shape index (κ1) is 8.83. The van der Waals surface area contributed by atoms with Crippen molar-refractivity contribution in [3.63, 3.8) is 0 Å². The molecule has 0 heterocycles. The molecule has 0 saturated heterocycles. The summed E-state index contributed by atoms with van der Waals surface area (Å²) in [6.07, 6.45) is 0. The van der Waals surface area contributed by atoms with Crippen molar-refractivity contribution in [3.8, 4) is 11.8 Å². The largest absolute Gasteiger partial charge is 0.329 e. The van der Waals surface area contributed by atoms with Gasteiger partial charge in [-0.1, -0.05) is 36.3 Å². The van der Waals surface area contributed by atoms with Crippen LogP contribution in [0.2, 0.25) is 0 Å². The summed E-state index contributed by atoms with van der Waals surface area (Å²) in [6.45, 7) is 2.43. The Morgan fingerprint density at radius 1 is 1.33 bits per heavy atom. The number of hydrogen-bond acceptors (Lipinski definition) is 1. The maximum Gasteiger partial charge on any atom is 0.0574 e. The monoisotopic (exact) mass is 159 g/mol. The Labute approximate surface area is 73.6 Å². The van der Waals surface area contributed by atoms with Crippen molar-refractivity contribution in [1.29, 1.82) is 0 Å². The van der Waals surface area contributed by atoms with Crippen LogP contribution in [-0.2, 0) is 0 Å². The quantitative estimate of drug-likeness (QED) is 0.654. The molecule has 0 aliphatic carbocycles. The summed E-state index contributed by atoms with van der Waals surface area (Å²) in [6, 6.07) is 10.1. The number of rotatable bonds is 2. The molecule has 1 nitrogen and oxygen atoms in total. The van der Waals surface area contributed by atoms with Crippen molar-refractivity contribution in [2.75, 3.05) is 6.54 Å². The first-order valence-electron chi connectivity index (χ1n) is 4.05. The summed E-state index contributed by atoms with van der Waals surface area (Å²) in [5.41, 5.74) is 6.79. The van der Waals surface area contributed by atoms with Gasteiger partial charge in [0.05, 0.1) is 5.92 Å². The maximum atomic E-state index is 5.59. The number of hydrogen-bond donors (Lipinski definition) is 1. The molecule has 1 aromatic carbocycles. The fourth-order valence-electron chi connectivity index (χ4n) is 1.14. The van der Waals surface area contributed by atoms with Crippen LogP contribution in [0.3, 0.4) is 0 Å². The fourth-order valence-corrected chi connectivity index (χ4v) is 1.14. The second kappa shape index (κ2) is 4.58. The van der Waals surface area contributed by atoms with Gasteiger partial charge >= 0.3 is 0 Å². The molecule has 0 radical (unpaired) electrons. The van der Waals surface area contributed by atoms with Gasteiger partial charge in [-0.15, -0.1) is 5.92 Å². The lowest BCUT2D eigenvalue weighted by atomic mass is 10.0. The van der Waals surface area contributed by atoms with E-state index in [0.29, 0.717) is 6.54 Å². The highest BCUT2D eigenvalue weighted by molar-refractivity contribution is 5.27. The van der Waals surface area contributed by atoms with E-state index in [-0.39, 0.29) is 5.92 Å². The van der Waals surface area contributed by atoms with Gasteiger partial charge < -0.3 is 5.73 Å². The predicted molar refractivity (Wildman–Crippen MR) is 51.7 cm³/mol. The Kier molecular flexibility index (Phi) is 3.37. The van der Waals surface area contributed by atoms with E-state index >= 15 is 0 Å². The third-order valence-electron chi connectivity index (χ3n) is 1.76. The Morgan fingerprint density at radius 3 is 2.50 bits per heavy atom. The van der Waals surface area contributed by atoms with E-state index in [1.807, 2.05) is 25.1 Å². The first-order valence-corrected chi connectivity index (χ1v) is 4.05. The van der Waals surface area contributed by atoms with E-state index in [9.17, 15) is 0 Å². The van der Waals surface area contributed by atoms with Gasteiger partial charge in [0, 0.05) is 6.54 Å². The lowest BCUT2D eigenvalue weighted by molar-refractivity contribution is 0.875. The summed E-state index contributed by atoms with van der Waals surface area (Å²) < 4.78 is 0. The highest BCUT2D eigenvalue weighted by atomic mass is 14.5. The maximum absolute atomic E-state index is 5.59. The van der Waals surface area contributed by atoms with Crippen molar-refractivity contribution in [2.45, 2.75) is 12.8 Å². The highest BCUT2D eigenvalue weighted by Crippen LogP contribution is 2.12. The molecule has 2 N–H and O–H groups in total. The molecule has 62 valence electrons. The van der Waals surface area contributed by atoms with Crippen LogP contribution in [0.15, 0.2) is 30.3 Å². The molecule has 1 atom stereocenters. The Balaban J connectivity index is 2.85. The molecule has 0 amide bonds. The van der Waals surface area contributed by atoms with Crippen LogP contribution in [0.1, 0.15) is 18.4 Å². The van der Waals surface area contributed by atoms with Gasteiger partial charge in [0.2, 0.25) is 0 Å². The lowest BCUT2D eigenvalue weighted by Crippen LogP contribution is -2.10. The summed E-state index contributed by atoms with van der Waals surface area (Å²) in [5, 5.41) is 0. The molecular formula is C11H13N. The van der Waals surface area contributed by atoms with Crippen molar-refractivity contribution in [2.24, 2.45) is 5.73 Å². The molecule has 0 aliphatic heterocycles. The molecule has 1 aromatic rings. The van der Waals surface area contributed by atoms with Crippen LogP contribution in [0.5, 0.6) is 0 Å². The second-order valence-corrected chi connectivity index (χ2v) is 2.59. The summed E-state index contributed by atoms with van der Waals surface area (Å²) in [5.74, 6) is 6.15. The molecule has 1 heteroatoms. The molecule has 0 aliphatic rings. The summed E-state index contributed by atoms with van der Waals surface area (Å²) in [7, 11) is 0. The third kappa shape index (κ3) is 2.11. The molecule has 0 aromatic heterocycles. The van der Waals surface area contributed by atoms with E-state index in [0.717, 1.165) is 0 Å². The summed E-state index contributed by atoms with van der Waals surface area (Å²) >= 11 is 0. The SMILES string of the molecule is CC#CC(CN)c1ccccc1. The van der Waals surface area contributed by atoms with Gasteiger partial charge in [0.25, 0.3) is 0 Å². The molecule has 1 unspecified atom stereocenters. The average molecular weight is 159 g/mol. The highest BCUT2D eigenvalue weighted by Gasteiger charge is 2.03. The average Bonchev–Trinajstić information content (AvgIpc) is 2.15. The van der Waals surface area contributed by atoms with E-state index in [1.165, 1.54) is 5.56 Å². The van der Waals surface area contributed by atoms with E-state index in [1.54, 1.807) is 0 Å². The minimum Gasteiger partial charge on any atom is -0.329 e. The van der Waals surface area contributed by atoms with Gasteiger partial charge in [-0.05, 0) is 12.5 Å². The zero-order chi connectivity index (χ0) is 8.81. The summed E-state index contributed by atoms with van der Waals surface area (Å²) in [4.78, 5) is 0. The molecular weight excluding hydrogens is 146 g/mol. The van der Waals surface area contributed by atoms with Crippen molar-refractivity contribution >= 4 is 0 Å². The van der Waals surface area contributed by atoms with Gasteiger partial charge in [0.15, 0.2) is 0 Å². The molecule has 0 saturated carbocycles. The Bertz CT molecular complexity index is 279. The number of benzene rings is 1. The smallest absolute Gasteiger partial charge is 0.0574 e. The fraction of sp³-hybridized carbons (Fsp3) is 0.273. The Hall–Kier alpha value is -1.26. The first-order chi connectivity index (χ1) is 5.88. The van der Waals surface area contributed by atoms with Gasteiger partial charge in [-0.3, -0.25) is 0 Å². The third-order valence-corrected chi connectivity index (χ3v) is 1.76. The van der Waals surface area contributed by atoms with Crippen molar-refractivity contribution in [3.05, 3.63) is 35.9 Å². The predicted octanol–water partition coefficient (Wildman–Crippen LogP) is 1.75. The topological polar surface area (TPSA) is 26.0 Å². The van der Waals surface area contributed by atoms with E-state index in [2.05, 4.69) is 24.0 Å². The standard InChI is InChI=1S/C11H13N/c1-2-6-11(9-12)10-7-4-3-5-8-10/h3-5,7-8,11H,9,12H2,1H3. The van der Waals surface area contributed by atoms with Crippen LogP contribution in [0.4, 0.5) is 0 Å². The Morgan fingerprint density at radius 2 is 2.00 bits per heavy atom. The second-order valence-electron chi connectivity index (χ2n) is 2.59. The molecule has 0 fully saturated rings. The van der Waals surface area contributed by atoms with Gasteiger partial charge in [-0.25, -0.2) is 0 Å². The van der Waals surface area contributed by atoms with Crippen LogP contribution in [0.25, 0.3) is 0 Å². The van der Waals surface area contributed by atoms with Gasteiger partial charge in [-0.2, -0.15) is 0 Å². The lowest BCUT2D eigenvalue weighted by Gasteiger charge is -2.06. The minimum absolute atomic E-state index is 0.191. The van der Waals surface area contributed by atoms with Crippen molar-refractivity contribution < 1.29 is 0 Å². The molecule has 0 spiro atoms. The van der Waals surface area contributed by atoms with Crippen LogP contribution >= 0.6 is 0 Å². The van der Waals surface area contributed by atoms with Gasteiger partial charge in [0.1, 0.15) is 0 Å². The molecule has 12 heavy (non-hydrogen) atoms. The van der Waals surface area contributed by atoms with Crippen molar-refractivity contribution in [1.82, 2.24) is 0 Å². The zero-order valence-electron chi connectivity index (χ0n) is 7.25. The van der Waals surface area contributed by atoms with Crippen LogP contribution in [0, 0.1) is 11.8 Å². The van der Waals surface area contributed by atoms with E-state index in [4.69, 9.17) is 5.73 Å². The van der Waals surface area contributed by atoms with Crippen LogP contribution in [-0.4, -0.2) is 6.54 Å². The molecule has 1 rings (SSSR count). The zero-order valence-corrected chi connectivity index (χ0v) is 7.25. The van der Waals surface area contributed by atoms with E-state index < -0.39 is 0 Å². The number of nitrogens with two attached hydrogens (primary N) is 1. The minimum atomic E-state index is 0.191. The molecule has 0 bridgehead atoms.